The molecule has 1 N–H and O–H groups in total. The molecule has 8 nitrogen and oxygen atoms in total. The van der Waals surface area contributed by atoms with Crippen LogP contribution in [0.3, 0.4) is 0 Å². The van der Waals surface area contributed by atoms with E-state index >= 15 is 0 Å². The van der Waals surface area contributed by atoms with Crippen LogP contribution in [0.1, 0.15) is 53.2 Å². The molecule has 0 radical (unpaired) electrons. The molecular weight excluding hydrogens is 415 g/mol. The molecule has 0 bridgehead atoms. The van der Waals surface area contributed by atoms with E-state index in [9.17, 15) is 26.4 Å². The fraction of sp³-hybridized carbons (Fsp3) is 0.647. The van der Waals surface area contributed by atoms with Gasteiger partial charge in [-0.15, -0.1) is 0 Å². The summed E-state index contributed by atoms with van der Waals surface area (Å²) in [4.78, 5) is 12.5. The first kappa shape index (κ1) is 23.0. The summed E-state index contributed by atoms with van der Waals surface area (Å²) in [5.41, 5.74) is -0.351. The van der Waals surface area contributed by atoms with Crippen molar-refractivity contribution in [1.29, 1.82) is 0 Å². The van der Waals surface area contributed by atoms with Crippen LogP contribution in [-0.4, -0.2) is 48.0 Å². The van der Waals surface area contributed by atoms with Crippen LogP contribution in [0.4, 0.5) is 19.1 Å². The molecule has 1 aliphatic rings. The molecule has 1 aromatic heterocycles. The molecule has 0 aliphatic carbocycles. The summed E-state index contributed by atoms with van der Waals surface area (Å²) in [7, 11) is -4.15. The summed E-state index contributed by atoms with van der Waals surface area (Å²) in [6, 6.07) is 1.41. The SMILES string of the molecule is CC1=[N+]=C(C(C)(C)c2cc(NC(=O)C(C)(C)S(=O)(=O)CCCC(F)(F)F)on2)O1. The summed E-state index contributed by atoms with van der Waals surface area (Å²) in [6.45, 7) is 7.49. The molecule has 0 fully saturated rings. The largest absolute Gasteiger partial charge is 0.488 e. The first-order valence-electron chi connectivity index (χ1n) is 8.74. The number of halogens is 3. The monoisotopic (exact) mass is 438 g/mol. The van der Waals surface area contributed by atoms with Gasteiger partial charge in [0, 0.05) is 12.5 Å². The highest BCUT2D eigenvalue weighted by atomic mass is 32.2. The third-order valence-electron chi connectivity index (χ3n) is 4.62. The van der Waals surface area contributed by atoms with Crippen molar-refractivity contribution in [3.05, 3.63) is 11.8 Å². The van der Waals surface area contributed by atoms with Crippen LogP contribution >= 0.6 is 0 Å². The number of aromatic nitrogens is 1. The quantitative estimate of drug-likeness (QED) is 0.624. The molecule has 29 heavy (non-hydrogen) atoms. The summed E-state index contributed by atoms with van der Waals surface area (Å²) in [5.74, 6) is -0.894. The van der Waals surface area contributed by atoms with Gasteiger partial charge in [-0.1, -0.05) is 5.16 Å². The van der Waals surface area contributed by atoms with Crippen molar-refractivity contribution in [3.63, 3.8) is 0 Å². The lowest BCUT2D eigenvalue weighted by Crippen LogP contribution is -2.45. The van der Waals surface area contributed by atoms with Gasteiger partial charge in [-0.3, -0.25) is 10.1 Å². The Morgan fingerprint density at radius 2 is 1.83 bits per heavy atom. The van der Waals surface area contributed by atoms with E-state index in [0.717, 1.165) is 13.8 Å². The third-order valence-corrected chi connectivity index (χ3v) is 7.19. The van der Waals surface area contributed by atoms with Gasteiger partial charge >= 0.3 is 18.0 Å². The van der Waals surface area contributed by atoms with E-state index < -0.39 is 50.7 Å². The Bertz CT molecular complexity index is 971. The Labute approximate surface area is 166 Å². The molecular formula is C17H23F3N3O5S+. The van der Waals surface area contributed by atoms with Crippen molar-refractivity contribution in [2.24, 2.45) is 0 Å². The average Bonchev–Trinajstić information content (AvgIpc) is 2.99. The van der Waals surface area contributed by atoms with Crippen LogP contribution in [0, 0.1) is 0 Å². The Hall–Kier alpha value is -2.33. The van der Waals surface area contributed by atoms with Crippen LogP contribution < -0.4 is 9.98 Å². The van der Waals surface area contributed by atoms with Gasteiger partial charge in [0.05, 0.1) is 12.7 Å². The summed E-state index contributed by atoms with van der Waals surface area (Å²) >= 11 is 0. The maximum atomic E-state index is 12.5. The Kier molecular flexibility index (Phi) is 5.93. The highest BCUT2D eigenvalue weighted by Crippen LogP contribution is 2.29. The molecule has 1 amide bonds. The zero-order valence-corrected chi connectivity index (χ0v) is 17.5. The smallest absolute Gasteiger partial charge is 0.338 e. The molecule has 12 heteroatoms. The number of carbonyl (C=O) groups excluding carboxylic acids is 1. The Balaban J connectivity index is 2.09. The van der Waals surface area contributed by atoms with Crippen LogP contribution in [-0.2, 0) is 24.8 Å². The standard InChI is InChI=1S/C17H22F3N3O5S/c1-10-21-14(27-10)15(2,3)11-9-12(28-23-11)22-13(24)16(4,5)29(25,26)8-6-7-17(18,19)20/h9H,6-8H2,1-5H3/p+1. The molecule has 1 aliphatic heterocycles. The first-order chi connectivity index (χ1) is 13.1. The second kappa shape index (κ2) is 7.49. The van der Waals surface area contributed by atoms with Crippen molar-refractivity contribution < 1.29 is 35.6 Å². The van der Waals surface area contributed by atoms with E-state index in [1.165, 1.54) is 6.07 Å². The fourth-order valence-corrected chi connectivity index (χ4v) is 3.78. The van der Waals surface area contributed by atoms with Crippen molar-refractivity contribution >= 4 is 33.4 Å². The lowest BCUT2D eigenvalue weighted by Gasteiger charge is -2.23. The molecule has 0 unspecified atom stereocenters. The maximum absolute atomic E-state index is 12.5. The van der Waals surface area contributed by atoms with Crippen molar-refractivity contribution in [2.45, 2.75) is 63.8 Å². The van der Waals surface area contributed by atoms with E-state index in [0.29, 0.717) is 17.5 Å². The van der Waals surface area contributed by atoms with Gasteiger partial charge in [-0.2, -0.15) is 13.2 Å². The zero-order valence-electron chi connectivity index (χ0n) is 16.7. The summed E-state index contributed by atoms with van der Waals surface area (Å²) < 4.78 is 74.2. The van der Waals surface area contributed by atoms with Crippen LogP contribution in [0.2, 0.25) is 0 Å². The van der Waals surface area contributed by atoms with E-state index in [-0.39, 0.29) is 5.88 Å². The van der Waals surface area contributed by atoms with Gasteiger partial charge in [-0.05, 0) is 38.8 Å². The van der Waals surface area contributed by atoms with Gasteiger partial charge < -0.3 is 9.26 Å². The number of nitrogens with zero attached hydrogens (tertiary/aromatic N) is 2. The number of rotatable bonds is 8. The minimum Gasteiger partial charge on any atom is -0.338 e. The molecule has 0 saturated heterocycles. The number of carbonyl (C=O) groups is 1. The predicted molar refractivity (Wildman–Crippen MR) is 100 cm³/mol. The van der Waals surface area contributed by atoms with E-state index in [2.05, 4.69) is 15.1 Å². The third kappa shape index (κ3) is 4.99. The second-order valence-electron chi connectivity index (χ2n) is 7.74. The number of sulfone groups is 1. The van der Waals surface area contributed by atoms with Gasteiger partial charge in [0.15, 0.2) is 15.3 Å². The molecule has 1 aromatic rings. The molecule has 0 atom stereocenters. The lowest BCUT2D eigenvalue weighted by atomic mass is 9.88. The number of amides is 1. The molecule has 0 aromatic carbocycles. The molecule has 162 valence electrons. The predicted octanol–water partition coefficient (Wildman–Crippen LogP) is 2.34. The van der Waals surface area contributed by atoms with Crippen molar-refractivity contribution in [1.82, 2.24) is 9.82 Å². The average molecular weight is 438 g/mol. The summed E-state index contributed by atoms with van der Waals surface area (Å²) in [5, 5.41) is 6.17. The number of hydrogen-bond donors (Lipinski definition) is 1. The molecule has 2 heterocycles. The second-order valence-corrected chi connectivity index (χ2v) is 10.4. The van der Waals surface area contributed by atoms with Gasteiger partial charge in [0.25, 0.3) is 0 Å². The fourth-order valence-electron chi connectivity index (χ4n) is 2.42. The highest BCUT2D eigenvalue weighted by Gasteiger charge is 2.47. The van der Waals surface area contributed by atoms with Crippen LogP contribution in [0.25, 0.3) is 0 Å². The Morgan fingerprint density at radius 3 is 2.34 bits per heavy atom. The highest BCUT2D eigenvalue weighted by molar-refractivity contribution is 7.93. The maximum Gasteiger partial charge on any atom is 0.488 e. The van der Waals surface area contributed by atoms with E-state index in [4.69, 9.17) is 9.26 Å². The molecule has 0 saturated carbocycles. The van der Waals surface area contributed by atoms with Crippen molar-refractivity contribution in [2.75, 3.05) is 11.1 Å². The summed E-state index contributed by atoms with van der Waals surface area (Å²) in [6.07, 6.45) is -6.33. The van der Waals surface area contributed by atoms with Crippen molar-refractivity contribution in [3.8, 4) is 0 Å². The van der Waals surface area contributed by atoms with Gasteiger partial charge in [0.1, 0.15) is 10.4 Å². The number of nitrogens with one attached hydrogen (secondary N) is 1. The Morgan fingerprint density at radius 1 is 1.24 bits per heavy atom. The minimum atomic E-state index is -4.46. The minimum absolute atomic E-state index is 0.0998. The van der Waals surface area contributed by atoms with Crippen LogP contribution in [0.15, 0.2) is 10.6 Å². The normalized spacial score (nSPS) is 15.2. The number of hydrogen-bond acceptors (Lipinski definition) is 6. The topological polar surface area (TPSA) is 113 Å². The van der Waals surface area contributed by atoms with Crippen LogP contribution in [0.5, 0.6) is 0 Å². The first-order valence-corrected chi connectivity index (χ1v) is 10.4. The van der Waals surface area contributed by atoms with E-state index in [1.54, 1.807) is 20.8 Å². The molecule has 0 spiro atoms. The van der Waals surface area contributed by atoms with Gasteiger partial charge in [-0.25, -0.2) is 8.42 Å². The zero-order chi connectivity index (χ0) is 22.3. The number of anilines is 1. The molecule has 2 rings (SSSR count). The van der Waals surface area contributed by atoms with E-state index in [1.807, 2.05) is 0 Å². The van der Waals surface area contributed by atoms with Gasteiger partial charge in [0.2, 0.25) is 11.8 Å². The number of alkyl halides is 3. The lowest BCUT2D eigenvalue weighted by molar-refractivity contribution is -0.134. The number of ether oxygens (including phenoxy) is 1.